The van der Waals surface area contributed by atoms with Crippen molar-refractivity contribution >= 4 is 18.2 Å². The molecule has 0 aromatic heterocycles. The third-order valence-corrected chi connectivity index (χ3v) is 4.74. The Morgan fingerprint density at radius 2 is 2.08 bits per heavy atom. The number of aliphatic hydroxyl groups is 1. The molecule has 2 aliphatic rings. The Bertz CT molecular complexity index is 485. The van der Waals surface area contributed by atoms with Gasteiger partial charge in [-0.2, -0.15) is 0 Å². The summed E-state index contributed by atoms with van der Waals surface area (Å²) in [6.45, 7) is 4.53. The maximum Gasteiger partial charge on any atom is 0.245 e. The third-order valence-electron chi connectivity index (χ3n) is 4.74. The highest BCUT2D eigenvalue weighted by Crippen LogP contribution is 2.27. The van der Waals surface area contributed by atoms with Gasteiger partial charge in [0.15, 0.2) is 0 Å². The van der Waals surface area contributed by atoms with E-state index in [0.29, 0.717) is 25.8 Å². The third kappa shape index (κ3) is 3.70. The highest BCUT2D eigenvalue weighted by atomic mass is 16.3. The Labute approximate surface area is 142 Å². The Hall–Kier alpha value is -1.67. The first-order chi connectivity index (χ1) is 11.4. The van der Waals surface area contributed by atoms with Gasteiger partial charge in [-0.15, -0.1) is 0 Å². The minimum absolute atomic E-state index is 0.0795. The van der Waals surface area contributed by atoms with E-state index in [1.54, 1.807) is 28.8 Å². The summed E-state index contributed by atoms with van der Waals surface area (Å²) in [6, 6.07) is -0.527. The van der Waals surface area contributed by atoms with Crippen molar-refractivity contribution in [1.29, 1.82) is 0 Å². The summed E-state index contributed by atoms with van der Waals surface area (Å²) in [7, 11) is 1.70. The predicted molar refractivity (Wildman–Crippen MR) is 87.4 cm³/mol. The number of hydrogen-bond acceptors (Lipinski definition) is 5. The Kier molecular flexibility index (Phi) is 6.17. The van der Waals surface area contributed by atoms with E-state index in [9.17, 15) is 19.5 Å². The largest absolute Gasteiger partial charge is 0.393 e. The molecule has 136 valence electrons. The fourth-order valence-electron chi connectivity index (χ4n) is 3.41. The SMILES string of the molecule is CCCC[C@H]1C(=O)N(CCC(C)O)CC2N1C(=O)CN(C)N2C=O. The van der Waals surface area contributed by atoms with Crippen LogP contribution in [0.5, 0.6) is 0 Å². The smallest absolute Gasteiger partial charge is 0.245 e. The monoisotopic (exact) mass is 340 g/mol. The van der Waals surface area contributed by atoms with Crippen LogP contribution in [0, 0.1) is 0 Å². The number of nitrogens with zero attached hydrogens (tertiary/aromatic N) is 4. The lowest BCUT2D eigenvalue weighted by atomic mass is 10.0. The summed E-state index contributed by atoms with van der Waals surface area (Å²) in [6.07, 6.45) is 2.59. The molecular formula is C16H28N4O4. The van der Waals surface area contributed by atoms with E-state index < -0.39 is 18.3 Å². The fourth-order valence-corrected chi connectivity index (χ4v) is 3.41. The Morgan fingerprint density at radius 1 is 1.38 bits per heavy atom. The van der Waals surface area contributed by atoms with Gasteiger partial charge in [0, 0.05) is 13.6 Å². The van der Waals surface area contributed by atoms with E-state index in [-0.39, 0.29) is 24.9 Å². The van der Waals surface area contributed by atoms with Crippen LogP contribution in [-0.4, -0.2) is 88.1 Å². The van der Waals surface area contributed by atoms with Crippen LogP contribution in [0.3, 0.4) is 0 Å². The van der Waals surface area contributed by atoms with Gasteiger partial charge in [0.1, 0.15) is 12.2 Å². The summed E-state index contributed by atoms with van der Waals surface area (Å²) in [4.78, 5) is 40.2. The standard InChI is InChI=1S/C16H28N4O4/c1-4-5-6-13-16(24)18(8-7-12(2)22)9-14-19(11-21)17(3)10-15(23)20(13)14/h11-14,22H,4-10H2,1-3H3/t12?,13-,14?/m0/s1. The normalized spacial score (nSPS) is 26.6. The molecule has 8 heteroatoms. The highest BCUT2D eigenvalue weighted by molar-refractivity contribution is 5.90. The van der Waals surface area contributed by atoms with E-state index in [4.69, 9.17) is 0 Å². The van der Waals surface area contributed by atoms with Crippen LogP contribution in [0.2, 0.25) is 0 Å². The van der Waals surface area contributed by atoms with Gasteiger partial charge < -0.3 is 14.9 Å². The van der Waals surface area contributed by atoms with Gasteiger partial charge in [-0.25, -0.2) is 5.01 Å². The molecule has 2 rings (SSSR count). The van der Waals surface area contributed by atoms with Crippen molar-refractivity contribution < 1.29 is 19.5 Å². The number of piperazine rings is 1. The maximum absolute atomic E-state index is 12.9. The lowest BCUT2D eigenvalue weighted by Crippen LogP contribution is -2.74. The Morgan fingerprint density at radius 3 is 2.67 bits per heavy atom. The maximum atomic E-state index is 12.9. The number of rotatable bonds is 7. The number of carbonyl (C=O) groups is 3. The minimum Gasteiger partial charge on any atom is -0.393 e. The summed E-state index contributed by atoms with van der Waals surface area (Å²) in [5, 5.41) is 12.6. The van der Waals surface area contributed by atoms with Gasteiger partial charge in [-0.3, -0.25) is 19.4 Å². The van der Waals surface area contributed by atoms with Crippen molar-refractivity contribution in [3.05, 3.63) is 0 Å². The van der Waals surface area contributed by atoms with Crippen molar-refractivity contribution in [2.75, 3.05) is 26.7 Å². The van der Waals surface area contributed by atoms with Gasteiger partial charge in [0.2, 0.25) is 18.2 Å². The molecule has 24 heavy (non-hydrogen) atoms. The van der Waals surface area contributed by atoms with Gasteiger partial charge in [0.25, 0.3) is 0 Å². The molecule has 0 aromatic rings. The quantitative estimate of drug-likeness (QED) is 0.640. The topological polar surface area (TPSA) is 84.4 Å². The number of hydrazine groups is 1. The van der Waals surface area contributed by atoms with Crippen molar-refractivity contribution in [1.82, 2.24) is 19.8 Å². The zero-order chi connectivity index (χ0) is 17.9. The molecule has 3 atom stereocenters. The first-order valence-electron chi connectivity index (χ1n) is 8.63. The molecule has 3 amide bonds. The van der Waals surface area contributed by atoms with E-state index in [1.807, 2.05) is 6.92 Å². The summed E-state index contributed by atoms with van der Waals surface area (Å²) < 4.78 is 0. The molecule has 2 fully saturated rings. The van der Waals surface area contributed by atoms with Crippen LogP contribution in [0.1, 0.15) is 39.5 Å². The molecule has 0 aliphatic carbocycles. The first-order valence-corrected chi connectivity index (χ1v) is 8.63. The molecule has 1 N–H and O–H groups in total. The second kappa shape index (κ2) is 7.94. The number of likely N-dealkylation sites (N-methyl/N-ethyl adjacent to an activating group) is 1. The summed E-state index contributed by atoms with van der Waals surface area (Å²) in [5.74, 6) is -0.200. The zero-order valence-corrected chi connectivity index (χ0v) is 14.7. The number of unbranched alkanes of at least 4 members (excludes halogenated alkanes) is 1. The molecule has 0 bridgehead atoms. The molecule has 0 spiro atoms. The van der Waals surface area contributed by atoms with Crippen LogP contribution in [-0.2, 0) is 14.4 Å². The molecule has 2 aliphatic heterocycles. The number of hydrogen-bond donors (Lipinski definition) is 1. The molecule has 2 saturated heterocycles. The Balaban J connectivity index is 2.27. The molecule has 0 aromatic carbocycles. The van der Waals surface area contributed by atoms with Crippen LogP contribution >= 0.6 is 0 Å². The van der Waals surface area contributed by atoms with Crippen molar-refractivity contribution in [3.63, 3.8) is 0 Å². The summed E-state index contributed by atoms with van der Waals surface area (Å²) >= 11 is 0. The molecule has 2 heterocycles. The van der Waals surface area contributed by atoms with Crippen LogP contribution in [0.15, 0.2) is 0 Å². The van der Waals surface area contributed by atoms with Crippen molar-refractivity contribution in [3.8, 4) is 0 Å². The van der Waals surface area contributed by atoms with Gasteiger partial charge in [-0.1, -0.05) is 19.8 Å². The molecule has 2 unspecified atom stereocenters. The average molecular weight is 340 g/mol. The van der Waals surface area contributed by atoms with Gasteiger partial charge in [0.05, 0.1) is 19.2 Å². The molecule has 0 radical (unpaired) electrons. The number of carbonyl (C=O) groups excluding carboxylic acids is 3. The van der Waals surface area contributed by atoms with Crippen molar-refractivity contribution in [2.45, 2.75) is 57.8 Å². The van der Waals surface area contributed by atoms with Crippen LogP contribution < -0.4 is 0 Å². The fraction of sp³-hybridized carbons (Fsp3) is 0.812. The van der Waals surface area contributed by atoms with Crippen LogP contribution in [0.4, 0.5) is 0 Å². The number of fused-ring (bicyclic) bond motifs is 1. The lowest BCUT2D eigenvalue weighted by molar-refractivity contribution is -0.197. The van der Waals surface area contributed by atoms with E-state index >= 15 is 0 Å². The average Bonchev–Trinajstić information content (AvgIpc) is 2.52. The zero-order valence-electron chi connectivity index (χ0n) is 14.7. The number of aliphatic hydroxyl groups excluding tert-OH is 1. The summed E-state index contributed by atoms with van der Waals surface area (Å²) in [5.41, 5.74) is 0. The van der Waals surface area contributed by atoms with E-state index in [1.165, 1.54) is 5.01 Å². The second-order valence-corrected chi connectivity index (χ2v) is 6.66. The number of amides is 3. The van der Waals surface area contributed by atoms with E-state index in [0.717, 1.165) is 12.8 Å². The molecular weight excluding hydrogens is 312 g/mol. The van der Waals surface area contributed by atoms with E-state index in [2.05, 4.69) is 0 Å². The molecule has 8 nitrogen and oxygen atoms in total. The first kappa shape index (κ1) is 18.7. The predicted octanol–water partition coefficient (Wildman–Crippen LogP) is -0.368. The van der Waals surface area contributed by atoms with Gasteiger partial charge in [-0.05, 0) is 19.8 Å². The molecule has 0 saturated carbocycles. The minimum atomic E-state index is -0.527. The van der Waals surface area contributed by atoms with Gasteiger partial charge >= 0.3 is 0 Å². The van der Waals surface area contributed by atoms with Crippen LogP contribution in [0.25, 0.3) is 0 Å². The lowest BCUT2D eigenvalue weighted by Gasteiger charge is -2.53. The second-order valence-electron chi connectivity index (χ2n) is 6.66. The highest BCUT2D eigenvalue weighted by Gasteiger charge is 2.48. The van der Waals surface area contributed by atoms with Crippen molar-refractivity contribution in [2.24, 2.45) is 0 Å².